The number of hydrogen-bond acceptors (Lipinski definition) is 2. The van der Waals surface area contributed by atoms with Crippen molar-refractivity contribution in [1.29, 1.82) is 0 Å². The van der Waals surface area contributed by atoms with E-state index in [1.807, 2.05) is 6.92 Å². The highest BCUT2D eigenvalue weighted by molar-refractivity contribution is 9.10. The number of carbonyl (C=O) groups excluding carboxylic acids is 2. The molecule has 1 aliphatic heterocycles. The molecule has 1 aliphatic rings. The maximum atomic E-state index is 14.0. The second kappa shape index (κ2) is 6.51. The van der Waals surface area contributed by atoms with Crippen molar-refractivity contribution in [2.24, 2.45) is 0 Å². The van der Waals surface area contributed by atoms with Crippen LogP contribution in [-0.2, 0) is 16.1 Å². The van der Waals surface area contributed by atoms with Gasteiger partial charge < -0.3 is 10.2 Å². The predicted octanol–water partition coefficient (Wildman–Crippen LogP) is 2.35. The van der Waals surface area contributed by atoms with E-state index >= 15 is 0 Å². The van der Waals surface area contributed by atoms with Crippen LogP contribution < -0.4 is 5.32 Å². The van der Waals surface area contributed by atoms with Crippen LogP contribution in [-0.4, -0.2) is 29.3 Å². The van der Waals surface area contributed by atoms with Crippen LogP contribution >= 0.6 is 15.9 Å². The Hall–Kier alpha value is -1.50. The molecule has 0 aliphatic carbocycles. The predicted molar refractivity (Wildman–Crippen MR) is 76.3 cm³/mol. The third-order valence-corrected chi connectivity index (χ3v) is 3.96. The SMILES string of the molecule is CCCC1NC(=O)CN(Cc2c(F)ccc(Br)c2F)C1=O. The Morgan fingerprint density at radius 2 is 2.10 bits per heavy atom. The maximum Gasteiger partial charge on any atom is 0.245 e. The van der Waals surface area contributed by atoms with E-state index in [4.69, 9.17) is 0 Å². The standard InChI is InChI=1S/C14H15BrF2N2O2/c1-2-3-11-14(21)19(7-12(20)18-11)6-8-10(16)5-4-9(15)13(8)17/h4-5,11H,2-3,6-7H2,1H3,(H,18,20). The number of hydrogen-bond donors (Lipinski definition) is 1. The molecule has 1 N–H and O–H groups in total. The molecule has 0 aromatic heterocycles. The van der Waals surface area contributed by atoms with Gasteiger partial charge in [0.25, 0.3) is 0 Å². The van der Waals surface area contributed by atoms with Crippen LogP contribution in [0.15, 0.2) is 16.6 Å². The highest BCUT2D eigenvalue weighted by Gasteiger charge is 2.33. The van der Waals surface area contributed by atoms with Crippen molar-refractivity contribution in [2.45, 2.75) is 32.4 Å². The van der Waals surface area contributed by atoms with Crippen LogP contribution in [0.4, 0.5) is 8.78 Å². The summed E-state index contributed by atoms with van der Waals surface area (Å²) in [5.74, 6) is -2.11. The molecule has 1 fully saturated rings. The molecule has 0 radical (unpaired) electrons. The van der Waals surface area contributed by atoms with Crippen LogP contribution in [0.3, 0.4) is 0 Å². The first-order valence-corrected chi connectivity index (χ1v) is 7.43. The zero-order valence-electron chi connectivity index (χ0n) is 11.5. The van der Waals surface area contributed by atoms with Gasteiger partial charge in [0.1, 0.15) is 17.7 Å². The molecular formula is C14H15BrF2N2O2. The zero-order valence-corrected chi connectivity index (χ0v) is 13.0. The average Bonchev–Trinajstić information content (AvgIpc) is 2.44. The highest BCUT2D eigenvalue weighted by atomic mass is 79.9. The van der Waals surface area contributed by atoms with Crippen LogP contribution in [0.2, 0.25) is 0 Å². The summed E-state index contributed by atoms with van der Waals surface area (Å²) < 4.78 is 27.8. The first-order valence-electron chi connectivity index (χ1n) is 6.64. The lowest BCUT2D eigenvalue weighted by Gasteiger charge is -2.32. The molecule has 0 bridgehead atoms. The lowest BCUT2D eigenvalue weighted by Crippen LogP contribution is -2.57. The van der Waals surface area contributed by atoms with Crippen LogP contribution in [0.25, 0.3) is 0 Å². The summed E-state index contributed by atoms with van der Waals surface area (Å²) in [6, 6.07) is 1.77. The molecule has 0 saturated carbocycles. The smallest absolute Gasteiger partial charge is 0.245 e. The molecule has 1 atom stereocenters. The Bertz CT molecular complexity index is 580. The number of benzene rings is 1. The summed E-state index contributed by atoms with van der Waals surface area (Å²) in [6.45, 7) is 1.44. The fourth-order valence-electron chi connectivity index (χ4n) is 2.30. The maximum absolute atomic E-state index is 14.0. The number of amides is 2. The lowest BCUT2D eigenvalue weighted by molar-refractivity contribution is -0.145. The monoisotopic (exact) mass is 360 g/mol. The van der Waals surface area contributed by atoms with Gasteiger partial charge in [0.2, 0.25) is 11.8 Å². The van der Waals surface area contributed by atoms with Crippen molar-refractivity contribution in [2.75, 3.05) is 6.54 Å². The van der Waals surface area contributed by atoms with Gasteiger partial charge in [-0.25, -0.2) is 8.78 Å². The van der Waals surface area contributed by atoms with E-state index in [2.05, 4.69) is 21.2 Å². The molecule has 2 rings (SSSR count). The quantitative estimate of drug-likeness (QED) is 0.838. The van der Waals surface area contributed by atoms with E-state index in [1.54, 1.807) is 0 Å². The normalized spacial score (nSPS) is 18.9. The van der Waals surface area contributed by atoms with Crippen molar-refractivity contribution in [3.05, 3.63) is 33.8 Å². The van der Waals surface area contributed by atoms with Gasteiger partial charge in [-0.3, -0.25) is 9.59 Å². The number of carbonyl (C=O) groups is 2. The molecule has 7 heteroatoms. The summed E-state index contributed by atoms with van der Waals surface area (Å²) in [7, 11) is 0. The molecule has 1 heterocycles. The topological polar surface area (TPSA) is 49.4 Å². The van der Waals surface area contributed by atoms with E-state index in [0.29, 0.717) is 6.42 Å². The largest absolute Gasteiger partial charge is 0.343 e. The van der Waals surface area contributed by atoms with Gasteiger partial charge in [-0.2, -0.15) is 0 Å². The number of nitrogens with one attached hydrogen (secondary N) is 1. The minimum Gasteiger partial charge on any atom is -0.343 e. The average molecular weight is 361 g/mol. The van der Waals surface area contributed by atoms with Crippen LogP contribution in [0, 0.1) is 11.6 Å². The van der Waals surface area contributed by atoms with Crippen molar-refractivity contribution in [3.63, 3.8) is 0 Å². The summed E-state index contributed by atoms with van der Waals surface area (Å²) in [5.41, 5.74) is -0.220. The molecule has 21 heavy (non-hydrogen) atoms. The van der Waals surface area contributed by atoms with E-state index in [0.717, 1.165) is 12.5 Å². The number of halogens is 3. The Labute approximate surface area is 129 Å². The molecule has 1 unspecified atom stereocenters. The van der Waals surface area contributed by atoms with Crippen molar-refractivity contribution in [3.8, 4) is 0 Å². The second-order valence-electron chi connectivity index (χ2n) is 4.92. The number of piperazine rings is 1. The molecule has 1 aromatic rings. The highest BCUT2D eigenvalue weighted by Crippen LogP contribution is 2.23. The van der Waals surface area contributed by atoms with Gasteiger partial charge in [-0.05, 0) is 34.5 Å². The minimum atomic E-state index is -0.749. The molecule has 1 aromatic carbocycles. The van der Waals surface area contributed by atoms with Gasteiger partial charge >= 0.3 is 0 Å². The second-order valence-corrected chi connectivity index (χ2v) is 5.78. The third-order valence-electron chi connectivity index (χ3n) is 3.34. The molecule has 1 saturated heterocycles. The first kappa shape index (κ1) is 15.9. The van der Waals surface area contributed by atoms with E-state index in [-0.39, 0.29) is 34.9 Å². The zero-order chi connectivity index (χ0) is 15.6. The molecule has 0 spiro atoms. The lowest BCUT2D eigenvalue weighted by atomic mass is 10.1. The van der Waals surface area contributed by atoms with Gasteiger partial charge in [0.05, 0.1) is 17.6 Å². The van der Waals surface area contributed by atoms with Crippen molar-refractivity contribution < 1.29 is 18.4 Å². The Balaban J connectivity index is 2.24. The number of nitrogens with zero attached hydrogens (tertiary/aromatic N) is 1. The summed E-state index contributed by atoms with van der Waals surface area (Å²) in [6.07, 6.45) is 1.23. The van der Waals surface area contributed by atoms with Gasteiger partial charge in [-0.15, -0.1) is 0 Å². The summed E-state index contributed by atoms with van der Waals surface area (Å²) >= 11 is 2.98. The van der Waals surface area contributed by atoms with Crippen molar-refractivity contribution in [1.82, 2.24) is 10.2 Å². The van der Waals surface area contributed by atoms with Crippen LogP contribution in [0.1, 0.15) is 25.3 Å². The van der Waals surface area contributed by atoms with E-state index < -0.39 is 17.7 Å². The van der Waals surface area contributed by atoms with Crippen LogP contribution in [0.5, 0.6) is 0 Å². The van der Waals surface area contributed by atoms with E-state index in [1.165, 1.54) is 11.0 Å². The third kappa shape index (κ3) is 3.40. The summed E-state index contributed by atoms with van der Waals surface area (Å²) in [4.78, 5) is 25.0. The molecule has 4 nitrogen and oxygen atoms in total. The summed E-state index contributed by atoms with van der Waals surface area (Å²) in [5, 5.41) is 2.60. The number of rotatable bonds is 4. The van der Waals surface area contributed by atoms with Gasteiger partial charge in [0, 0.05) is 5.56 Å². The van der Waals surface area contributed by atoms with E-state index in [9.17, 15) is 18.4 Å². The Morgan fingerprint density at radius 3 is 2.76 bits per heavy atom. The van der Waals surface area contributed by atoms with Gasteiger partial charge in [0.15, 0.2) is 0 Å². The Morgan fingerprint density at radius 1 is 1.38 bits per heavy atom. The fraction of sp³-hybridized carbons (Fsp3) is 0.429. The first-order chi connectivity index (χ1) is 9.93. The Kier molecular flexibility index (Phi) is 4.92. The molecular weight excluding hydrogens is 346 g/mol. The fourth-order valence-corrected chi connectivity index (χ4v) is 2.67. The minimum absolute atomic E-state index is 0.123. The van der Waals surface area contributed by atoms with Crippen molar-refractivity contribution >= 4 is 27.7 Å². The molecule has 2 amide bonds. The van der Waals surface area contributed by atoms with Gasteiger partial charge in [-0.1, -0.05) is 13.3 Å². The molecule has 114 valence electrons.